The lowest BCUT2D eigenvalue weighted by molar-refractivity contribution is 0.0784. The normalized spacial score (nSPS) is 15.7. The number of hydrogen-bond acceptors (Lipinski definition) is 3. The van der Waals surface area contributed by atoms with Gasteiger partial charge in [0.05, 0.1) is 4.90 Å². The van der Waals surface area contributed by atoms with E-state index in [9.17, 15) is 17.6 Å². The second-order valence-corrected chi connectivity index (χ2v) is 9.55. The van der Waals surface area contributed by atoms with E-state index in [1.54, 1.807) is 13.1 Å². The standard InChI is InChI=1S/C21H24ClFN2O3S/c1-24(15-18-19(22)7-6-8-20(18)23)21(26)16-9-11-17(12-10-16)29(27,28)25-13-4-2-3-5-14-25/h6-12H,2-5,13-15H2,1H3. The van der Waals surface area contributed by atoms with Crippen LogP contribution in [0.3, 0.4) is 0 Å². The van der Waals surface area contributed by atoms with E-state index < -0.39 is 15.8 Å². The summed E-state index contributed by atoms with van der Waals surface area (Å²) >= 11 is 6.03. The number of hydrogen-bond donors (Lipinski definition) is 0. The van der Waals surface area contributed by atoms with Crippen LogP contribution >= 0.6 is 11.6 Å². The molecule has 0 unspecified atom stereocenters. The zero-order chi connectivity index (χ0) is 21.0. The Bertz CT molecular complexity index is 952. The molecule has 0 bridgehead atoms. The third kappa shape index (κ3) is 4.97. The smallest absolute Gasteiger partial charge is 0.253 e. The van der Waals surface area contributed by atoms with E-state index in [1.807, 2.05) is 0 Å². The maximum atomic E-state index is 14.0. The Labute approximate surface area is 176 Å². The van der Waals surface area contributed by atoms with Crippen LogP contribution in [-0.4, -0.2) is 43.7 Å². The topological polar surface area (TPSA) is 57.7 Å². The van der Waals surface area contributed by atoms with Gasteiger partial charge in [-0.1, -0.05) is 30.5 Å². The highest BCUT2D eigenvalue weighted by Crippen LogP contribution is 2.23. The molecule has 1 aliphatic rings. The lowest BCUT2D eigenvalue weighted by Gasteiger charge is -2.21. The first-order chi connectivity index (χ1) is 13.8. The highest BCUT2D eigenvalue weighted by Gasteiger charge is 2.25. The van der Waals surface area contributed by atoms with Gasteiger partial charge in [-0.15, -0.1) is 0 Å². The van der Waals surface area contributed by atoms with Crippen LogP contribution in [0.15, 0.2) is 47.4 Å². The van der Waals surface area contributed by atoms with Crippen LogP contribution < -0.4 is 0 Å². The maximum absolute atomic E-state index is 14.0. The molecule has 156 valence electrons. The van der Waals surface area contributed by atoms with Gasteiger partial charge in [0.25, 0.3) is 5.91 Å². The lowest BCUT2D eigenvalue weighted by Crippen LogP contribution is -2.32. The Balaban J connectivity index is 1.74. The summed E-state index contributed by atoms with van der Waals surface area (Å²) in [7, 11) is -2.02. The Kier molecular flexibility index (Phi) is 6.93. The summed E-state index contributed by atoms with van der Waals surface area (Å²) in [6.07, 6.45) is 3.80. The van der Waals surface area contributed by atoms with Crippen LogP contribution in [0.25, 0.3) is 0 Å². The third-order valence-electron chi connectivity index (χ3n) is 5.11. The Morgan fingerprint density at radius 1 is 1.07 bits per heavy atom. The molecule has 5 nitrogen and oxygen atoms in total. The molecule has 1 heterocycles. The molecule has 0 aromatic heterocycles. The van der Waals surface area contributed by atoms with Gasteiger partial charge in [0.1, 0.15) is 5.82 Å². The zero-order valence-corrected chi connectivity index (χ0v) is 17.8. The molecular weight excluding hydrogens is 415 g/mol. The monoisotopic (exact) mass is 438 g/mol. The molecule has 1 amide bonds. The number of sulfonamides is 1. The summed E-state index contributed by atoms with van der Waals surface area (Å²) in [5.41, 5.74) is 0.570. The van der Waals surface area contributed by atoms with Crippen LogP contribution in [0.4, 0.5) is 4.39 Å². The fraction of sp³-hybridized carbons (Fsp3) is 0.381. The van der Waals surface area contributed by atoms with Crippen molar-refractivity contribution in [3.05, 3.63) is 64.4 Å². The predicted molar refractivity (Wildman–Crippen MR) is 111 cm³/mol. The Morgan fingerprint density at radius 2 is 1.69 bits per heavy atom. The first-order valence-corrected chi connectivity index (χ1v) is 11.4. The van der Waals surface area contributed by atoms with Crippen molar-refractivity contribution in [1.82, 2.24) is 9.21 Å². The van der Waals surface area contributed by atoms with Gasteiger partial charge < -0.3 is 4.90 Å². The molecule has 1 aliphatic heterocycles. The number of rotatable bonds is 5. The molecule has 3 rings (SSSR count). The number of halogens is 2. The minimum atomic E-state index is -3.57. The predicted octanol–water partition coefficient (Wildman–Crippen LogP) is 4.32. The number of nitrogens with zero attached hydrogens (tertiary/aromatic N) is 2. The first-order valence-electron chi connectivity index (χ1n) is 9.59. The summed E-state index contributed by atoms with van der Waals surface area (Å²) in [5, 5.41) is 0.253. The van der Waals surface area contributed by atoms with Gasteiger partial charge in [-0.3, -0.25) is 4.79 Å². The van der Waals surface area contributed by atoms with Crippen LogP contribution in [-0.2, 0) is 16.6 Å². The van der Waals surface area contributed by atoms with Crippen LogP contribution in [0.1, 0.15) is 41.6 Å². The Morgan fingerprint density at radius 3 is 2.28 bits per heavy atom. The molecule has 8 heteroatoms. The van der Waals surface area contributed by atoms with Crippen LogP contribution in [0.5, 0.6) is 0 Å². The fourth-order valence-electron chi connectivity index (χ4n) is 3.41. The first kappa shape index (κ1) is 21.7. The van der Waals surface area contributed by atoms with Crippen LogP contribution in [0.2, 0.25) is 5.02 Å². The number of amides is 1. The van der Waals surface area contributed by atoms with E-state index in [4.69, 9.17) is 11.6 Å². The van der Waals surface area contributed by atoms with Crippen LogP contribution in [0, 0.1) is 5.82 Å². The van der Waals surface area contributed by atoms with Gasteiger partial charge in [0.15, 0.2) is 0 Å². The van der Waals surface area contributed by atoms with Gasteiger partial charge in [-0.2, -0.15) is 4.31 Å². The van der Waals surface area contributed by atoms with Crippen molar-refractivity contribution in [3.8, 4) is 0 Å². The molecular formula is C21H24ClFN2O3S. The van der Waals surface area contributed by atoms with Crippen molar-refractivity contribution >= 4 is 27.5 Å². The van der Waals surface area contributed by atoms with E-state index in [0.29, 0.717) is 18.7 Å². The molecule has 0 spiro atoms. The lowest BCUT2D eigenvalue weighted by atomic mass is 10.1. The summed E-state index contributed by atoms with van der Waals surface area (Å²) in [4.78, 5) is 14.2. The molecule has 0 aliphatic carbocycles. The van der Waals surface area contributed by atoms with Crippen molar-refractivity contribution in [2.24, 2.45) is 0 Å². The molecule has 2 aromatic rings. The van der Waals surface area contributed by atoms with Gasteiger partial charge in [0.2, 0.25) is 10.0 Å². The highest BCUT2D eigenvalue weighted by molar-refractivity contribution is 7.89. The molecule has 0 atom stereocenters. The molecule has 29 heavy (non-hydrogen) atoms. The zero-order valence-electron chi connectivity index (χ0n) is 16.3. The fourth-order valence-corrected chi connectivity index (χ4v) is 5.15. The van der Waals surface area contributed by atoms with E-state index in [-0.39, 0.29) is 27.9 Å². The molecule has 1 saturated heterocycles. The Hall–Kier alpha value is -1.96. The minimum Gasteiger partial charge on any atom is -0.337 e. The SMILES string of the molecule is CN(Cc1c(F)cccc1Cl)C(=O)c1ccc(S(=O)(=O)N2CCCCCC2)cc1. The highest BCUT2D eigenvalue weighted by atomic mass is 35.5. The number of carbonyl (C=O) groups excluding carboxylic acids is 1. The summed E-state index contributed by atoms with van der Waals surface area (Å²) in [6.45, 7) is 1.06. The number of carbonyl (C=O) groups is 1. The van der Waals surface area contributed by atoms with Crippen molar-refractivity contribution in [3.63, 3.8) is 0 Å². The van der Waals surface area contributed by atoms with Crippen molar-refractivity contribution in [2.45, 2.75) is 37.1 Å². The van der Waals surface area contributed by atoms with Gasteiger partial charge >= 0.3 is 0 Å². The van der Waals surface area contributed by atoms with Crippen molar-refractivity contribution < 1.29 is 17.6 Å². The second-order valence-electron chi connectivity index (χ2n) is 7.20. The van der Waals surface area contributed by atoms with Gasteiger partial charge in [-0.05, 0) is 49.2 Å². The summed E-state index contributed by atoms with van der Waals surface area (Å²) in [6, 6.07) is 10.3. The summed E-state index contributed by atoms with van der Waals surface area (Å²) in [5.74, 6) is -0.820. The molecule has 2 aromatic carbocycles. The average Bonchev–Trinajstić information content (AvgIpc) is 3.00. The largest absolute Gasteiger partial charge is 0.337 e. The maximum Gasteiger partial charge on any atom is 0.253 e. The molecule has 0 N–H and O–H groups in total. The van der Waals surface area contributed by atoms with E-state index in [2.05, 4.69) is 0 Å². The second kappa shape index (κ2) is 9.24. The summed E-state index contributed by atoms with van der Waals surface area (Å²) < 4.78 is 41.2. The quantitative estimate of drug-likeness (QED) is 0.698. The van der Waals surface area contributed by atoms with E-state index >= 15 is 0 Å². The third-order valence-corrected chi connectivity index (χ3v) is 7.37. The number of benzene rings is 2. The average molecular weight is 439 g/mol. The van der Waals surface area contributed by atoms with E-state index in [1.165, 1.54) is 45.6 Å². The van der Waals surface area contributed by atoms with Gasteiger partial charge in [0, 0.05) is 42.8 Å². The molecule has 0 radical (unpaired) electrons. The molecule has 0 saturated carbocycles. The van der Waals surface area contributed by atoms with E-state index in [0.717, 1.165) is 25.7 Å². The van der Waals surface area contributed by atoms with Gasteiger partial charge in [-0.25, -0.2) is 12.8 Å². The van der Waals surface area contributed by atoms with Crippen molar-refractivity contribution in [2.75, 3.05) is 20.1 Å². The minimum absolute atomic E-state index is 0.0121. The molecule has 1 fully saturated rings. The van der Waals surface area contributed by atoms with Crippen molar-refractivity contribution in [1.29, 1.82) is 0 Å².